The first-order chi connectivity index (χ1) is 8.49. The average Bonchev–Trinajstić information content (AvgIpc) is 2.32. The molecule has 3 nitrogen and oxygen atoms in total. The fourth-order valence-corrected chi connectivity index (χ4v) is 2.78. The minimum absolute atomic E-state index is 0.216. The largest absolute Gasteiger partial charge is 0.278 e. The van der Waals surface area contributed by atoms with Crippen LogP contribution in [0.4, 0.5) is 5.69 Å². The molecule has 2 rings (SSSR count). The van der Waals surface area contributed by atoms with Crippen LogP contribution in [0.2, 0.25) is 5.02 Å². The molecule has 0 saturated heterocycles. The van der Waals surface area contributed by atoms with Gasteiger partial charge in [0.2, 0.25) is 0 Å². The maximum Gasteiger partial charge on any atom is 0.261 e. The number of anilines is 1. The van der Waals surface area contributed by atoms with Gasteiger partial charge < -0.3 is 0 Å². The Bertz CT molecular complexity index is 651. The molecule has 0 saturated carbocycles. The van der Waals surface area contributed by atoms with E-state index in [4.69, 9.17) is 11.6 Å². The second kappa shape index (κ2) is 5.00. The van der Waals surface area contributed by atoms with E-state index in [0.717, 1.165) is 5.56 Å². The summed E-state index contributed by atoms with van der Waals surface area (Å²) in [5, 5.41) is 0.369. The molecule has 5 heteroatoms. The molecule has 18 heavy (non-hydrogen) atoms. The topological polar surface area (TPSA) is 46.2 Å². The number of rotatable bonds is 3. The van der Waals surface area contributed by atoms with Gasteiger partial charge >= 0.3 is 0 Å². The van der Waals surface area contributed by atoms with Crippen molar-refractivity contribution in [2.45, 2.75) is 11.8 Å². The van der Waals surface area contributed by atoms with E-state index in [9.17, 15) is 8.42 Å². The standard InChI is InChI=1S/C13H12ClNO2S/c1-10-6-8-11(9-7-10)18(16,17)15-13-5-3-2-4-12(13)14/h2-9,15H,1H3. The van der Waals surface area contributed by atoms with E-state index in [-0.39, 0.29) is 4.90 Å². The summed E-state index contributed by atoms with van der Waals surface area (Å²) < 4.78 is 26.7. The lowest BCUT2D eigenvalue weighted by molar-refractivity contribution is 0.601. The molecular formula is C13H12ClNO2S. The Balaban J connectivity index is 2.33. The molecule has 0 unspecified atom stereocenters. The zero-order valence-electron chi connectivity index (χ0n) is 9.72. The highest BCUT2D eigenvalue weighted by Gasteiger charge is 2.14. The highest BCUT2D eigenvalue weighted by atomic mass is 35.5. The molecule has 0 bridgehead atoms. The highest BCUT2D eigenvalue weighted by molar-refractivity contribution is 7.92. The SMILES string of the molecule is Cc1ccc(S(=O)(=O)Nc2ccccc2Cl)cc1. The van der Waals surface area contributed by atoms with Crippen LogP contribution in [0.15, 0.2) is 53.4 Å². The number of sulfonamides is 1. The van der Waals surface area contributed by atoms with E-state index in [1.807, 2.05) is 6.92 Å². The van der Waals surface area contributed by atoms with E-state index in [0.29, 0.717) is 10.7 Å². The third-order valence-electron chi connectivity index (χ3n) is 2.45. The smallest absolute Gasteiger partial charge is 0.261 e. The molecule has 0 aliphatic heterocycles. The fraction of sp³-hybridized carbons (Fsp3) is 0.0769. The number of hydrogen-bond donors (Lipinski definition) is 1. The van der Waals surface area contributed by atoms with E-state index in [1.54, 1.807) is 48.5 Å². The summed E-state index contributed by atoms with van der Waals surface area (Å²) in [4.78, 5) is 0.216. The number of nitrogens with one attached hydrogen (secondary N) is 1. The first-order valence-electron chi connectivity index (χ1n) is 5.33. The molecule has 1 N–H and O–H groups in total. The summed E-state index contributed by atoms with van der Waals surface area (Å²) >= 11 is 5.92. The van der Waals surface area contributed by atoms with Crippen molar-refractivity contribution in [2.75, 3.05) is 4.72 Å². The number of aryl methyl sites for hydroxylation is 1. The summed E-state index contributed by atoms with van der Waals surface area (Å²) in [6.07, 6.45) is 0. The van der Waals surface area contributed by atoms with Crippen LogP contribution in [0.5, 0.6) is 0 Å². The number of para-hydroxylation sites is 1. The molecule has 2 aromatic rings. The van der Waals surface area contributed by atoms with Crippen LogP contribution in [0.25, 0.3) is 0 Å². The van der Waals surface area contributed by atoms with Gasteiger partial charge in [0.15, 0.2) is 0 Å². The number of halogens is 1. The van der Waals surface area contributed by atoms with Gasteiger partial charge in [-0.15, -0.1) is 0 Å². The minimum atomic E-state index is -3.59. The summed E-state index contributed by atoms with van der Waals surface area (Å²) in [5.41, 5.74) is 1.38. The Morgan fingerprint density at radius 3 is 2.22 bits per heavy atom. The molecule has 0 aliphatic rings. The minimum Gasteiger partial charge on any atom is -0.278 e. The van der Waals surface area contributed by atoms with Crippen LogP contribution < -0.4 is 4.72 Å². The molecule has 0 atom stereocenters. The molecule has 0 amide bonds. The Kier molecular flexibility index (Phi) is 3.59. The zero-order valence-corrected chi connectivity index (χ0v) is 11.3. The van der Waals surface area contributed by atoms with Crippen LogP contribution in [0, 0.1) is 6.92 Å². The molecule has 0 spiro atoms. The molecule has 2 aromatic carbocycles. The monoisotopic (exact) mass is 281 g/mol. The van der Waals surface area contributed by atoms with E-state index in [1.165, 1.54) is 0 Å². The van der Waals surface area contributed by atoms with Crippen molar-refractivity contribution < 1.29 is 8.42 Å². The Morgan fingerprint density at radius 1 is 1.00 bits per heavy atom. The lowest BCUT2D eigenvalue weighted by Crippen LogP contribution is -2.13. The van der Waals surface area contributed by atoms with Crippen LogP contribution in [0.3, 0.4) is 0 Å². The number of benzene rings is 2. The summed E-state index contributed by atoms with van der Waals surface area (Å²) in [7, 11) is -3.59. The van der Waals surface area contributed by atoms with Crippen LogP contribution in [-0.4, -0.2) is 8.42 Å². The van der Waals surface area contributed by atoms with Gasteiger partial charge in [-0.3, -0.25) is 4.72 Å². The van der Waals surface area contributed by atoms with E-state index >= 15 is 0 Å². The van der Waals surface area contributed by atoms with Gasteiger partial charge in [0.05, 0.1) is 15.6 Å². The van der Waals surface area contributed by atoms with Gasteiger partial charge in [0.1, 0.15) is 0 Å². The van der Waals surface area contributed by atoms with Crippen molar-refractivity contribution in [3.8, 4) is 0 Å². The summed E-state index contributed by atoms with van der Waals surface area (Å²) in [6, 6.07) is 13.3. The summed E-state index contributed by atoms with van der Waals surface area (Å²) in [5.74, 6) is 0. The third kappa shape index (κ3) is 2.83. The van der Waals surface area contributed by atoms with Crippen molar-refractivity contribution in [2.24, 2.45) is 0 Å². The van der Waals surface area contributed by atoms with Crippen molar-refractivity contribution in [3.63, 3.8) is 0 Å². The lowest BCUT2D eigenvalue weighted by Gasteiger charge is -2.09. The second-order valence-electron chi connectivity index (χ2n) is 3.90. The second-order valence-corrected chi connectivity index (χ2v) is 5.99. The average molecular weight is 282 g/mol. The van der Waals surface area contributed by atoms with Crippen molar-refractivity contribution in [1.82, 2.24) is 0 Å². The maximum atomic E-state index is 12.1. The normalized spacial score (nSPS) is 11.2. The van der Waals surface area contributed by atoms with Gasteiger partial charge in [-0.25, -0.2) is 8.42 Å². The Hall–Kier alpha value is -1.52. The fourth-order valence-electron chi connectivity index (χ4n) is 1.47. The van der Waals surface area contributed by atoms with E-state index in [2.05, 4.69) is 4.72 Å². The van der Waals surface area contributed by atoms with Gasteiger partial charge in [-0.2, -0.15) is 0 Å². The first kappa shape index (κ1) is 12.9. The lowest BCUT2D eigenvalue weighted by atomic mass is 10.2. The van der Waals surface area contributed by atoms with Crippen LogP contribution in [-0.2, 0) is 10.0 Å². The van der Waals surface area contributed by atoms with Crippen molar-refractivity contribution in [1.29, 1.82) is 0 Å². The zero-order chi connectivity index (χ0) is 13.2. The van der Waals surface area contributed by atoms with Crippen molar-refractivity contribution >= 4 is 27.3 Å². The molecule has 94 valence electrons. The molecular weight excluding hydrogens is 270 g/mol. The van der Waals surface area contributed by atoms with E-state index < -0.39 is 10.0 Å². The predicted octanol–water partition coefficient (Wildman–Crippen LogP) is 3.45. The predicted molar refractivity (Wildman–Crippen MR) is 73.4 cm³/mol. The molecule has 0 aromatic heterocycles. The molecule has 0 radical (unpaired) electrons. The summed E-state index contributed by atoms with van der Waals surface area (Å²) in [6.45, 7) is 1.90. The van der Waals surface area contributed by atoms with Crippen LogP contribution in [0.1, 0.15) is 5.56 Å². The Labute approximate surface area is 111 Å². The van der Waals surface area contributed by atoms with Gasteiger partial charge in [-0.1, -0.05) is 41.4 Å². The molecule has 0 heterocycles. The van der Waals surface area contributed by atoms with Gasteiger partial charge in [0, 0.05) is 0 Å². The van der Waals surface area contributed by atoms with Gasteiger partial charge in [-0.05, 0) is 31.2 Å². The highest BCUT2D eigenvalue weighted by Crippen LogP contribution is 2.23. The van der Waals surface area contributed by atoms with Crippen molar-refractivity contribution in [3.05, 3.63) is 59.1 Å². The van der Waals surface area contributed by atoms with Crippen LogP contribution >= 0.6 is 11.6 Å². The quantitative estimate of drug-likeness (QED) is 0.937. The molecule has 0 aliphatic carbocycles. The Morgan fingerprint density at radius 2 is 1.61 bits per heavy atom. The third-order valence-corrected chi connectivity index (χ3v) is 4.16. The van der Waals surface area contributed by atoms with Gasteiger partial charge in [0.25, 0.3) is 10.0 Å². The maximum absolute atomic E-state index is 12.1. The number of hydrogen-bond acceptors (Lipinski definition) is 2. The molecule has 0 fully saturated rings. The first-order valence-corrected chi connectivity index (χ1v) is 7.19.